The molecular formula is C30H39N11O11S. The Bertz CT molecular complexity index is 1800. The number of nitrogens with two attached hydrogens (primary N) is 2. The molecule has 13 N–H and O–H groups in total. The van der Waals surface area contributed by atoms with Crippen LogP contribution in [0, 0.1) is 0 Å². The molecule has 286 valence electrons. The molecule has 2 rings (SSSR count). The van der Waals surface area contributed by atoms with Gasteiger partial charge in [-0.15, -0.1) is 0 Å². The Morgan fingerprint density at radius 1 is 0.943 bits per heavy atom. The van der Waals surface area contributed by atoms with Crippen LogP contribution >= 0.6 is 12.6 Å². The highest BCUT2D eigenvalue weighted by Gasteiger charge is 2.30. The number of hydrogen-bond donors (Lipinski definition) is 12. The van der Waals surface area contributed by atoms with Gasteiger partial charge >= 0.3 is 17.9 Å². The van der Waals surface area contributed by atoms with Gasteiger partial charge in [0, 0.05) is 35.7 Å². The van der Waals surface area contributed by atoms with E-state index in [-0.39, 0.29) is 41.7 Å². The van der Waals surface area contributed by atoms with Crippen molar-refractivity contribution in [3.05, 3.63) is 40.2 Å². The van der Waals surface area contributed by atoms with Crippen molar-refractivity contribution >= 4 is 89.7 Å². The number of amides is 4. The second-order valence-electron chi connectivity index (χ2n) is 11.1. The van der Waals surface area contributed by atoms with Crippen molar-refractivity contribution in [2.24, 2.45) is 15.7 Å². The predicted molar refractivity (Wildman–Crippen MR) is 193 cm³/mol. The van der Waals surface area contributed by atoms with Gasteiger partial charge in [0.1, 0.15) is 24.2 Å². The summed E-state index contributed by atoms with van der Waals surface area (Å²) in [7, 11) is 0. The van der Waals surface area contributed by atoms with Crippen LogP contribution in [-0.4, -0.2) is 122 Å². The van der Waals surface area contributed by atoms with Crippen LogP contribution in [0.4, 0.5) is 23.1 Å². The number of aliphatic carboxylic acids is 3. The number of aromatic amines is 1. The second kappa shape index (κ2) is 20.5. The summed E-state index contributed by atoms with van der Waals surface area (Å²) < 4.78 is 0. The number of nitrogens with one attached hydrogen (secondary N) is 6. The highest BCUT2D eigenvalue weighted by molar-refractivity contribution is 7.80. The van der Waals surface area contributed by atoms with Crippen LogP contribution in [0.25, 0.3) is 0 Å². The van der Waals surface area contributed by atoms with Crippen molar-refractivity contribution < 1.29 is 48.9 Å². The van der Waals surface area contributed by atoms with E-state index in [0.717, 1.165) is 0 Å². The number of aliphatic imine (C=N–C) groups is 2. The summed E-state index contributed by atoms with van der Waals surface area (Å²) in [6.07, 6.45) is -1.80. The molecule has 1 aromatic heterocycles. The van der Waals surface area contributed by atoms with E-state index < -0.39 is 90.6 Å². The van der Waals surface area contributed by atoms with E-state index in [0.29, 0.717) is 11.4 Å². The lowest BCUT2D eigenvalue weighted by Crippen LogP contribution is -2.57. The first kappa shape index (κ1) is 42.8. The summed E-state index contributed by atoms with van der Waals surface area (Å²) in [5.41, 5.74) is 11.7. The smallest absolute Gasteiger partial charge is 0.327 e. The highest BCUT2D eigenvalue weighted by atomic mass is 32.1. The summed E-state index contributed by atoms with van der Waals surface area (Å²) >= 11 is 3.80. The molecular weight excluding hydrogens is 722 g/mol. The van der Waals surface area contributed by atoms with Crippen molar-refractivity contribution in [1.29, 1.82) is 0 Å². The zero-order chi connectivity index (χ0) is 39.8. The molecule has 0 aliphatic carbocycles. The minimum atomic E-state index is -1.73. The Morgan fingerprint density at radius 3 is 2.15 bits per heavy atom. The van der Waals surface area contributed by atoms with Gasteiger partial charge in [-0.3, -0.25) is 38.5 Å². The third-order valence-corrected chi connectivity index (χ3v) is 7.32. The molecule has 53 heavy (non-hydrogen) atoms. The molecule has 22 nitrogen and oxygen atoms in total. The van der Waals surface area contributed by atoms with Crippen LogP contribution in [0.5, 0.6) is 0 Å². The quantitative estimate of drug-likeness (QED) is 0.0472. The van der Waals surface area contributed by atoms with Gasteiger partial charge in [0.15, 0.2) is 11.5 Å². The molecule has 0 aliphatic heterocycles. The average molecular weight is 762 g/mol. The van der Waals surface area contributed by atoms with E-state index in [1.54, 1.807) is 19.1 Å². The van der Waals surface area contributed by atoms with Crippen LogP contribution in [0.3, 0.4) is 0 Å². The van der Waals surface area contributed by atoms with E-state index in [4.69, 9.17) is 26.8 Å². The summed E-state index contributed by atoms with van der Waals surface area (Å²) in [6.45, 7) is 4.57. The molecule has 0 fully saturated rings. The molecule has 0 spiro atoms. The number of thiol groups is 1. The van der Waals surface area contributed by atoms with Gasteiger partial charge in [0.2, 0.25) is 23.7 Å². The average Bonchev–Trinajstić information content (AvgIpc) is 3.10. The summed E-state index contributed by atoms with van der Waals surface area (Å²) in [5.74, 6) is -8.60. The van der Waals surface area contributed by atoms with E-state index in [1.165, 1.54) is 12.1 Å². The maximum atomic E-state index is 13.0. The summed E-state index contributed by atoms with van der Waals surface area (Å²) in [6, 6.07) is -0.244. The molecule has 0 radical (unpaired) electrons. The molecule has 0 saturated carbocycles. The SMILES string of the molecule is C=Nc1nc(N)[nH]c(=O)c1N=C(C)CNc1ccc(C(=O)N[C@H](CCC(=O)O)C(=O)NC[C@H](N)C(=O)N[C@@H](CC(=O)O)C(=O)N[C@@H](CS)C(=O)O)cc1. The molecule has 23 heteroatoms. The molecule has 1 heterocycles. The van der Waals surface area contributed by atoms with Gasteiger partial charge in [0.05, 0.1) is 13.0 Å². The monoisotopic (exact) mass is 761 g/mol. The molecule has 0 bridgehead atoms. The number of nitrogen functional groups attached to an aromatic ring is 1. The standard InChI is InChI=1S/C30H39N11O11S/c1-13(36-22-23(33-2)40-30(32)41-28(22)50)10-34-15-5-3-14(4-6-15)24(46)37-17(7-8-20(42)43)26(48)35-11-16(31)25(47)38-18(9-21(44)45)27(49)39-19(12-53)29(51)52/h3-6,16-19,34,53H,2,7-12,31H2,1H3,(H,35,48)(H,37,46)(H,38,47)(H,39,49)(H,42,43)(H,44,45)(H,51,52)(H3,32,40,41,50)/t16-,17+,18-,19-/m0/s1. The zero-order valence-electron chi connectivity index (χ0n) is 28.1. The normalized spacial score (nSPS) is 13.3. The number of carboxylic acids is 3. The Morgan fingerprint density at radius 2 is 1.58 bits per heavy atom. The van der Waals surface area contributed by atoms with Gasteiger partial charge in [-0.05, 0) is 44.3 Å². The van der Waals surface area contributed by atoms with Crippen LogP contribution in [0.15, 0.2) is 39.0 Å². The van der Waals surface area contributed by atoms with Gasteiger partial charge in [-0.2, -0.15) is 17.6 Å². The number of carbonyl (C=O) groups excluding carboxylic acids is 4. The van der Waals surface area contributed by atoms with Crippen LogP contribution in [0.1, 0.15) is 36.5 Å². The fourth-order valence-electron chi connectivity index (χ4n) is 4.21. The number of anilines is 2. The maximum Gasteiger partial charge on any atom is 0.327 e. The van der Waals surface area contributed by atoms with E-state index >= 15 is 0 Å². The summed E-state index contributed by atoms with van der Waals surface area (Å²) in [5, 5.41) is 39.3. The Balaban J connectivity index is 2.04. The van der Waals surface area contributed by atoms with Crippen molar-refractivity contribution in [1.82, 2.24) is 31.2 Å². The first-order valence-electron chi connectivity index (χ1n) is 15.4. The Labute approximate surface area is 305 Å². The highest BCUT2D eigenvalue weighted by Crippen LogP contribution is 2.21. The van der Waals surface area contributed by atoms with Crippen LogP contribution in [-0.2, 0) is 28.8 Å². The topological polar surface area (TPSA) is 363 Å². The number of H-pyrrole nitrogens is 1. The number of hydrogen-bond acceptors (Lipinski definition) is 15. The minimum Gasteiger partial charge on any atom is -0.481 e. The number of aromatic nitrogens is 2. The number of carbonyl (C=O) groups is 7. The first-order chi connectivity index (χ1) is 24.9. The predicted octanol–water partition coefficient (Wildman–Crippen LogP) is -2.25. The molecule has 4 atom stereocenters. The van der Waals surface area contributed by atoms with Crippen molar-refractivity contribution in [3.8, 4) is 0 Å². The lowest BCUT2D eigenvalue weighted by Gasteiger charge is -2.22. The van der Waals surface area contributed by atoms with Crippen molar-refractivity contribution in [3.63, 3.8) is 0 Å². The first-order valence-corrected chi connectivity index (χ1v) is 16.1. The lowest BCUT2D eigenvalue weighted by molar-refractivity contribution is -0.143. The molecule has 1 aromatic carbocycles. The van der Waals surface area contributed by atoms with Gasteiger partial charge < -0.3 is 53.4 Å². The van der Waals surface area contributed by atoms with Gasteiger partial charge in [-0.1, -0.05) is 0 Å². The number of carboxylic acid groups (broad SMARTS) is 3. The number of rotatable bonds is 21. The van der Waals surface area contributed by atoms with Crippen molar-refractivity contribution in [2.45, 2.75) is 50.4 Å². The van der Waals surface area contributed by atoms with E-state index in [2.05, 4.69) is 60.6 Å². The molecule has 0 saturated heterocycles. The van der Waals surface area contributed by atoms with Gasteiger partial charge in [0.25, 0.3) is 11.5 Å². The third kappa shape index (κ3) is 14.1. The fraction of sp³-hybridized carbons (Fsp3) is 0.367. The van der Waals surface area contributed by atoms with E-state index in [9.17, 15) is 38.4 Å². The second-order valence-corrected chi connectivity index (χ2v) is 11.5. The summed E-state index contributed by atoms with van der Waals surface area (Å²) in [4.78, 5) is 111. The molecule has 0 unspecified atom stereocenters. The fourth-order valence-corrected chi connectivity index (χ4v) is 4.46. The molecule has 2 aromatic rings. The van der Waals surface area contributed by atoms with Gasteiger partial charge in [-0.25, -0.2) is 14.8 Å². The largest absolute Gasteiger partial charge is 0.481 e. The maximum absolute atomic E-state index is 13.0. The van der Waals surface area contributed by atoms with E-state index in [1.807, 2.05) is 5.32 Å². The number of nitrogens with zero attached hydrogens (tertiary/aromatic N) is 3. The third-order valence-electron chi connectivity index (χ3n) is 6.95. The minimum absolute atomic E-state index is 0.0454. The zero-order valence-corrected chi connectivity index (χ0v) is 29.0. The van der Waals surface area contributed by atoms with Crippen molar-refractivity contribution in [2.75, 3.05) is 29.9 Å². The molecule has 4 amide bonds. The van der Waals surface area contributed by atoms with Crippen LogP contribution in [0.2, 0.25) is 0 Å². The van der Waals surface area contributed by atoms with Crippen LogP contribution < -0.4 is 43.6 Å². The lowest BCUT2D eigenvalue weighted by atomic mass is 10.1. The Hall–Kier alpha value is -6.36. The Kier molecular flexibility index (Phi) is 16.5. The number of benzene rings is 1. The molecule has 0 aliphatic rings.